The highest BCUT2D eigenvalue weighted by Gasteiger charge is 2.17. The monoisotopic (exact) mass is 388 g/mol. The SMILES string of the molecule is Cc1cc(C(=O)Nc2ccc3[nH]c(=O)[nH]c3c2)c(C)n1-c1ccc(C(C)C)cc1. The van der Waals surface area contributed by atoms with Crippen molar-refractivity contribution in [3.8, 4) is 5.69 Å². The summed E-state index contributed by atoms with van der Waals surface area (Å²) in [5, 5.41) is 2.93. The summed E-state index contributed by atoms with van der Waals surface area (Å²) < 4.78 is 2.09. The minimum atomic E-state index is -0.268. The smallest absolute Gasteiger partial charge is 0.322 e. The molecule has 148 valence electrons. The largest absolute Gasteiger partial charge is 0.323 e. The van der Waals surface area contributed by atoms with E-state index < -0.39 is 0 Å². The molecule has 0 aliphatic carbocycles. The zero-order valence-corrected chi connectivity index (χ0v) is 17.0. The van der Waals surface area contributed by atoms with Gasteiger partial charge in [0.15, 0.2) is 0 Å². The molecule has 2 aromatic heterocycles. The normalized spacial score (nSPS) is 11.3. The van der Waals surface area contributed by atoms with E-state index in [0.717, 1.165) is 17.1 Å². The minimum absolute atomic E-state index is 0.180. The molecule has 0 radical (unpaired) electrons. The molecule has 2 heterocycles. The van der Waals surface area contributed by atoms with Crippen molar-refractivity contribution >= 4 is 22.6 Å². The fourth-order valence-corrected chi connectivity index (χ4v) is 3.71. The summed E-state index contributed by atoms with van der Waals surface area (Å²) in [5.41, 5.74) is 6.54. The number of aryl methyl sites for hydroxylation is 1. The lowest BCUT2D eigenvalue weighted by atomic mass is 10.0. The summed E-state index contributed by atoms with van der Waals surface area (Å²) in [4.78, 5) is 29.7. The van der Waals surface area contributed by atoms with Crippen molar-refractivity contribution in [2.75, 3.05) is 5.32 Å². The lowest BCUT2D eigenvalue weighted by molar-refractivity contribution is 0.102. The molecule has 0 saturated carbocycles. The van der Waals surface area contributed by atoms with Crippen LogP contribution in [0.1, 0.15) is 47.1 Å². The Bertz CT molecular complexity index is 1260. The molecule has 6 nitrogen and oxygen atoms in total. The number of benzene rings is 2. The number of rotatable bonds is 4. The third-order valence-electron chi connectivity index (χ3n) is 5.27. The molecule has 6 heteroatoms. The Balaban J connectivity index is 1.63. The number of anilines is 1. The second-order valence-electron chi connectivity index (χ2n) is 7.66. The maximum absolute atomic E-state index is 12.9. The highest BCUT2D eigenvalue weighted by atomic mass is 16.2. The van der Waals surface area contributed by atoms with Crippen molar-refractivity contribution in [3.05, 3.63) is 81.5 Å². The number of imidazole rings is 1. The Morgan fingerprint density at radius 2 is 1.66 bits per heavy atom. The van der Waals surface area contributed by atoms with Crippen molar-refractivity contribution < 1.29 is 4.79 Å². The summed E-state index contributed by atoms with van der Waals surface area (Å²) >= 11 is 0. The van der Waals surface area contributed by atoms with Crippen molar-refractivity contribution in [1.29, 1.82) is 0 Å². The third kappa shape index (κ3) is 3.49. The van der Waals surface area contributed by atoms with Gasteiger partial charge < -0.3 is 19.9 Å². The molecule has 0 aliphatic heterocycles. The first-order valence-corrected chi connectivity index (χ1v) is 9.66. The number of aromatic amines is 2. The first kappa shape index (κ1) is 18.8. The molecule has 0 saturated heterocycles. The van der Waals surface area contributed by atoms with E-state index in [9.17, 15) is 9.59 Å². The first-order valence-electron chi connectivity index (χ1n) is 9.66. The van der Waals surface area contributed by atoms with E-state index in [-0.39, 0.29) is 11.6 Å². The van der Waals surface area contributed by atoms with Gasteiger partial charge in [-0.3, -0.25) is 4.79 Å². The van der Waals surface area contributed by atoms with Gasteiger partial charge in [-0.1, -0.05) is 26.0 Å². The standard InChI is InChI=1S/C23H24N4O2/c1-13(2)16-5-8-18(9-6-16)27-14(3)11-19(15(27)4)22(28)24-17-7-10-20-21(12-17)26-23(29)25-20/h5-13H,1-4H3,(H,24,28)(H2,25,26,29). The quantitative estimate of drug-likeness (QED) is 0.476. The fourth-order valence-electron chi connectivity index (χ4n) is 3.71. The van der Waals surface area contributed by atoms with Crippen LogP contribution in [0.25, 0.3) is 16.7 Å². The molecule has 0 aliphatic rings. The molecule has 0 unspecified atom stereocenters. The predicted molar refractivity (Wildman–Crippen MR) is 116 cm³/mol. The van der Waals surface area contributed by atoms with Crippen molar-refractivity contribution in [1.82, 2.24) is 14.5 Å². The van der Waals surface area contributed by atoms with Crippen LogP contribution in [0, 0.1) is 13.8 Å². The average molecular weight is 388 g/mol. The fraction of sp³-hybridized carbons (Fsp3) is 0.217. The number of H-pyrrole nitrogens is 2. The number of carbonyl (C=O) groups is 1. The molecular formula is C23H24N4O2. The van der Waals surface area contributed by atoms with Gasteiger partial charge in [0.1, 0.15) is 0 Å². The van der Waals surface area contributed by atoms with Crippen LogP contribution < -0.4 is 11.0 Å². The van der Waals surface area contributed by atoms with E-state index in [1.165, 1.54) is 5.56 Å². The lowest BCUT2D eigenvalue weighted by Gasteiger charge is -2.12. The van der Waals surface area contributed by atoms with E-state index in [2.05, 4.69) is 58.0 Å². The molecule has 0 fully saturated rings. The Morgan fingerprint density at radius 1 is 0.966 bits per heavy atom. The van der Waals surface area contributed by atoms with Crippen LogP contribution in [0.15, 0.2) is 53.3 Å². The van der Waals surface area contributed by atoms with E-state index in [1.54, 1.807) is 18.2 Å². The highest BCUT2D eigenvalue weighted by Crippen LogP contribution is 2.24. The van der Waals surface area contributed by atoms with Crippen molar-refractivity contribution in [2.45, 2.75) is 33.6 Å². The molecule has 4 rings (SSSR count). The Labute approximate surface area is 168 Å². The van der Waals surface area contributed by atoms with Gasteiger partial charge in [0.25, 0.3) is 5.91 Å². The van der Waals surface area contributed by atoms with Gasteiger partial charge in [0, 0.05) is 22.8 Å². The van der Waals surface area contributed by atoms with Crippen LogP contribution in [0.4, 0.5) is 5.69 Å². The maximum atomic E-state index is 12.9. The van der Waals surface area contributed by atoms with Crippen molar-refractivity contribution in [3.63, 3.8) is 0 Å². The van der Waals surface area contributed by atoms with Gasteiger partial charge in [-0.05, 0) is 61.7 Å². The van der Waals surface area contributed by atoms with Crippen LogP contribution in [0.3, 0.4) is 0 Å². The summed E-state index contributed by atoms with van der Waals surface area (Å²) in [6, 6.07) is 15.6. The molecule has 1 amide bonds. The molecular weight excluding hydrogens is 364 g/mol. The number of carbonyl (C=O) groups excluding carboxylic acids is 1. The van der Waals surface area contributed by atoms with Gasteiger partial charge in [-0.15, -0.1) is 0 Å². The van der Waals surface area contributed by atoms with Crippen LogP contribution in [-0.2, 0) is 0 Å². The second-order valence-corrected chi connectivity index (χ2v) is 7.66. The number of nitrogens with one attached hydrogen (secondary N) is 3. The number of aromatic nitrogens is 3. The van der Waals surface area contributed by atoms with Gasteiger partial charge in [-0.2, -0.15) is 0 Å². The molecule has 2 aromatic carbocycles. The molecule has 0 spiro atoms. The zero-order chi connectivity index (χ0) is 20.7. The lowest BCUT2D eigenvalue weighted by Crippen LogP contribution is -2.13. The first-order chi connectivity index (χ1) is 13.8. The predicted octanol–water partition coefficient (Wildman–Crippen LogP) is 4.64. The second kappa shape index (κ2) is 7.13. The van der Waals surface area contributed by atoms with E-state index in [1.807, 2.05) is 19.9 Å². The minimum Gasteiger partial charge on any atom is -0.322 e. The van der Waals surface area contributed by atoms with Crippen molar-refractivity contribution in [2.24, 2.45) is 0 Å². The van der Waals surface area contributed by atoms with Crippen LogP contribution >= 0.6 is 0 Å². The van der Waals surface area contributed by atoms with Gasteiger partial charge in [-0.25, -0.2) is 4.79 Å². The maximum Gasteiger partial charge on any atom is 0.323 e. The Kier molecular flexibility index (Phi) is 4.62. The summed E-state index contributed by atoms with van der Waals surface area (Å²) in [7, 11) is 0. The summed E-state index contributed by atoms with van der Waals surface area (Å²) in [6.07, 6.45) is 0. The summed E-state index contributed by atoms with van der Waals surface area (Å²) in [6.45, 7) is 8.29. The Morgan fingerprint density at radius 3 is 2.34 bits per heavy atom. The molecule has 0 bridgehead atoms. The number of hydrogen-bond acceptors (Lipinski definition) is 2. The topological polar surface area (TPSA) is 82.7 Å². The number of amides is 1. The van der Waals surface area contributed by atoms with E-state index >= 15 is 0 Å². The van der Waals surface area contributed by atoms with Gasteiger partial charge >= 0.3 is 5.69 Å². The van der Waals surface area contributed by atoms with Crippen LogP contribution in [-0.4, -0.2) is 20.4 Å². The molecule has 0 atom stereocenters. The molecule has 4 aromatic rings. The van der Waals surface area contributed by atoms with Crippen LogP contribution in [0.2, 0.25) is 0 Å². The van der Waals surface area contributed by atoms with E-state index in [0.29, 0.717) is 28.2 Å². The van der Waals surface area contributed by atoms with Crippen LogP contribution in [0.5, 0.6) is 0 Å². The number of nitrogens with zero attached hydrogens (tertiary/aromatic N) is 1. The molecule has 3 N–H and O–H groups in total. The Hall–Kier alpha value is -3.54. The van der Waals surface area contributed by atoms with E-state index in [4.69, 9.17) is 0 Å². The van der Waals surface area contributed by atoms with Gasteiger partial charge in [0.05, 0.1) is 16.6 Å². The molecule has 29 heavy (non-hydrogen) atoms. The summed E-state index contributed by atoms with van der Waals surface area (Å²) in [5.74, 6) is 0.296. The number of hydrogen-bond donors (Lipinski definition) is 3. The van der Waals surface area contributed by atoms with Gasteiger partial charge in [0.2, 0.25) is 0 Å². The third-order valence-corrected chi connectivity index (χ3v) is 5.27. The number of fused-ring (bicyclic) bond motifs is 1. The average Bonchev–Trinajstić information content (AvgIpc) is 3.19. The highest BCUT2D eigenvalue weighted by molar-refractivity contribution is 6.06. The zero-order valence-electron chi connectivity index (χ0n) is 17.0.